The number of nitrogens with zero attached hydrogens (tertiary/aromatic N) is 2. The van der Waals surface area contributed by atoms with Gasteiger partial charge in [-0.15, -0.1) is 0 Å². The number of benzene rings is 1. The quantitative estimate of drug-likeness (QED) is 0.881. The molecule has 0 spiro atoms. The zero-order valence-corrected chi connectivity index (χ0v) is 11.3. The molecule has 3 nitrogen and oxygen atoms in total. The molecule has 0 amide bonds. The first-order valence-corrected chi connectivity index (χ1v) is 6.66. The molecule has 0 aliphatic heterocycles. The Bertz CT molecular complexity index is 588. The highest BCUT2D eigenvalue weighted by Crippen LogP contribution is 2.37. The Kier molecular flexibility index (Phi) is 2.49. The van der Waals surface area contributed by atoms with Gasteiger partial charge in [-0.1, -0.05) is 12.5 Å². The van der Waals surface area contributed by atoms with Crippen LogP contribution in [-0.2, 0) is 12.6 Å². The minimum atomic E-state index is -0.797. The van der Waals surface area contributed by atoms with E-state index in [1.54, 1.807) is 0 Å². The maximum absolute atomic E-state index is 10.1. The van der Waals surface area contributed by atoms with Crippen molar-refractivity contribution in [3.05, 3.63) is 29.6 Å². The van der Waals surface area contributed by atoms with E-state index in [0.717, 1.165) is 16.6 Å². The van der Waals surface area contributed by atoms with E-state index in [1.807, 2.05) is 26.0 Å². The van der Waals surface area contributed by atoms with Crippen molar-refractivity contribution < 1.29 is 5.11 Å². The first-order chi connectivity index (χ1) is 8.47. The third-order valence-electron chi connectivity index (χ3n) is 4.09. The molecule has 18 heavy (non-hydrogen) atoms. The predicted octanol–water partition coefficient (Wildman–Crippen LogP) is 3.07. The molecule has 1 N–H and O–H groups in total. The lowest BCUT2D eigenvalue weighted by atomic mass is 9.85. The lowest BCUT2D eigenvalue weighted by Gasteiger charge is -2.24. The van der Waals surface area contributed by atoms with Gasteiger partial charge in [0.25, 0.3) is 0 Å². The Morgan fingerprint density at radius 2 is 2.06 bits per heavy atom. The number of aliphatic hydroxyl groups is 1. The van der Waals surface area contributed by atoms with Crippen molar-refractivity contribution in [3.8, 4) is 0 Å². The highest BCUT2D eigenvalue weighted by molar-refractivity contribution is 5.77. The van der Waals surface area contributed by atoms with Gasteiger partial charge >= 0.3 is 0 Å². The molecule has 3 heteroatoms. The van der Waals surface area contributed by atoms with Gasteiger partial charge in [-0.05, 0) is 44.4 Å². The number of aromatic nitrogens is 2. The van der Waals surface area contributed by atoms with Crippen LogP contribution in [0, 0.1) is 0 Å². The Balaban J connectivity index is 2.13. The molecule has 96 valence electrons. The molecule has 0 bridgehead atoms. The average Bonchev–Trinajstić information content (AvgIpc) is 2.53. The van der Waals surface area contributed by atoms with Crippen molar-refractivity contribution in [1.29, 1.82) is 0 Å². The summed E-state index contributed by atoms with van der Waals surface area (Å²) in [5.41, 5.74) is 2.30. The smallest absolute Gasteiger partial charge is 0.112 e. The van der Waals surface area contributed by atoms with E-state index in [2.05, 4.69) is 17.7 Å². The molecule has 0 saturated heterocycles. The third-order valence-corrected chi connectivity index (χ3v) is 4.09. The fourth-order valence-electron chi connectivity index (χ4n) is 2.62. The molecule has 0 radical (unpaired) electrons. The van der Waals surface area contributed by atoms with Gasteiger partial charge in [0.1, 0.15) is 5.82 Å². The van der Waals surface area contributed by atoms with E-state index < -0.39 is 5.60 Å². The number of imidazole rings is 1. The van der Waals surface area contributed by atoms with Crippen molar-refractivity contribution in [2.24, 2.45) is 7.05 Å². The molecular weight excluding hydrogens is 224 g/mol. The highest BCUT2D eigenvalue weighted by Gasteiger charge is 2.25. The van der Waals surface area contributed by atoms with E-state index in [4.69, 9.17) is 4.98 Å². The zero-order valence-electron chi connectivity index (χ0n) is 11.3. The first-order valence-electron chi connectivity index (χ1n) is 6.66. The van der Waals surface area contributed by atoms with Gasteiger partial charge in [0.15, 0.2) is 0 Å². The largest absolute Gasteiger partial charge is 0.386 e. The number of aryl methyl sites for hydroxylation is 1. The van der Waals surface area contributed by atoms with Crippen molar-refractivity contribution in [2.45, 2.75) is 44.6 Å². The molecule has 1 aliphatic carbocycles. The molecular formula is C15H20N2O. The Morgan fingerprint density at radius 3 is 2.61 bits per heavy atom. The van der Waals surface area contributed by atoms with E-state index in [9.17, 15) is 5.11 Å². The van der Waals surface area contributed by atoms with Crippen LogP contribution in [0.1, 0.15) is 50.4 Å². The van der Waals surface area contributed by atoms with Gasteiger partial charge in [0.2, 0.25) is 0 Å². The molecule has 1 heterocycles. The van der Waals surface area contributed by atoms with Crippen LogP contribution in [-0.4, -0.2) is 14.7 Å². The van der Waals surface area contributed by atoms with Gasteiger partial charge in [0, 0.05) is 13.0 Å². The van der Waals surface area contributed by atoms with Gasteiger partial charge in [0.05, 0.1) is 16.6 Å². The molecule has 0 atom stereocenters. The van der Waals surface area contributed by atoms with E-state index in [1.165, 1.54) is 25.1 Å². The SMILES string of the molecule is Cn1c(C2CCC2)nc2ccc(C(C)(C)O)cc21. The fourth-order valence-corrected chi connectivity index (χ4v) is 2.62. The summed E-state index contributed by atoms with van der Waals surface area (Å²) in [5.74, 6) is 1.83. The fraction of sp³-hybridized carbons (Fsp3) is 0.533. The normalized spacial score (nSPS) is 17.1. The van der Waals surface area contributed by atoms with E-state index in [0.29, 0.717) is 5.92 Å². The van der Waals surface area contributed by atoms with E-state index >= 15 is 0 Å². The number of fused-ring (bicyclic) bond motifs is 1. The maximum atomic E-state index is 10.1. The number of hydrogen-bond donors (Lipinski definition) is 1. The van der Waals surface area contributed by atoms with Crippen LogP contribution >= 0.6 is 0 Å². The van der Waals surface area contributed by atoms with Crippen molar-refractivity contribution in [3.63, 3.8) is 0 Å². The van der Waals surface area contributed by atoms with Gasteiger partial charge in [-0.2, -0.15) is 0 Å². The molecule has 0 unspecified atom stereocenters. The van der Waals surface area contributed by atoms with Gasteiger partial charge < -0.3 is 9.67 Å². The zero-order chi connectivity index (χ0) is 12.9. The minimum absolute atomic E-state index is 0.632. The van der Waals surface area contributed by atoms with Crippen LogP contribution in [0.25, 0.3) is 11.0 Å². The van der Waals surface area contributed by atoms with Gasteiger partial charge in [-0.25, -0.2) is 4.98 Å². The lowest BCUT2D eigenvalue weighted by Crippen LogP contribution is -2.15. The second-order valence-corrected chi connectivity index (χ2v) is 5.92. The second kappa shape index (κ2) is 3.82. The van der Waals surface area contributed by atoms with Gasteiger partial charge in [-0.3, -0.25) is 0 Å². The van der Waals surface area contributed by atoms with Crippen molar-refractivity contribution in [1.82, 2.24) is 9.55 Å². The average molecular weight is 244 g/mol. The molecule has 1 saturated carbocycles. The summed E-state index contributed by atoms with van der Waals surface area (Å²) in [7, 11) is 2.08. The second-order valence-electron chi connectivity index (χ2n) is 5.92. The van der Waals surface area contributed by atoms with Crippen molar-refractivity contribution in [2.75, 3.05) is 0 Å². The molecule has 2 aromatic rings. The van der Waals surface area contributed by atoms with E-state index in [-0.39, 0.29) is 0 Å². The van der Waals surface area contributed by atoms with Crippen molar-refractivity contribution >= 4 is 11.0 Å². The molecule has 1 aromatic carbocycles. The topological polar surface area (TPSA) is 38.0 Å². The molecule has 1 aliphatic rings. The summed E-state index contributed by atoms with van der Waals surface area (Å²) in [6.45, 7) is 3.63. The van der Waals surface area contributed by atoms with Crippen LogP contribution < -0.4 is 0 Å². The third kappa shape index (κ3) is 1.74. The number of rotatable bonds is 2. The lowest BCUT2D eigenvalue weighted by molar-refractivity contribution is 0.0787. The summed E-state index contributed by atoms with van der Waals surface area (Å²) in [6, 6.07) is 6.05. The number of hydrogen-bond acceptors (Lipinski definition) is 2. The summed E-state index contributed by atoms with van der Waals surface area (Å²) in [6.07, 6.45) is 3.84. The summed E-state index contributed by atoms with van der Waals surface area (Å²) < 4.78 is 2.19. The highest BCUT2D eigenvalue weighted by atomic mass is 16.3. The molecule has 3 rings (SSSR count). The van der Waals surface area contributed by atoms with Crippen LogP contribution in [0.3, 0.4) is 0 Å². The van der Waals surface area contributed by atoms with Crippen LogP contribution in [0.15, 0.2) is 18.2 Å². The summed E-state index contributed by atoms with van der Waals surface area (Å²) >= 11 is 0. The minimum Gasteiger partial charge on any atom is -0.386 e. The maximum Gasteiger partial charge on any atom is 0.112 e. The Hall–Kier alpha value is -1.35. The standard InChI is InChI=1S/C15H20N2O/c1-15(2,18)11-7-8-12-13(9-11)17(3)14(16-12)10-5-4-6-10/h7-10,18H,4-6H2,1-3H3. The summed E-state index contributed by atoms with van der Waals surface area (Å²) in [4.78, 5) is 4.74. The molecule has 1 aromatic heterocycles. The summed E-state index contributed by atoms with van der Waals surface area (Å²) in [5, 5.41) is 10.1. The van der Waals surface area contributed by atoms with Crippen LogP contribution in [0.4, 0.5) is 0 Å². The predicted molar refractivity (Wildman–Crippen MR) is 72.6 cm³/mol. The van der Waals surface area contributed by atoms with Crippen LogP contribution in [0.2, 0.25) is 0 Å². The monoisotopic (exact) mass is 244 g/mol. The van der Waals surface area contributed by atoms with Crippen LogP contribution in [0.5, 0.6) is 0 Å². The first kappa shape index (κ1) is 11.7. The molecule has 1 fully saturated rings. The Morgan fingerprint density at radius 1 is 1.33 bits per heavy atom. The Labute approximate surface area is 107 Å².